The van der Waals surface area contributed by atoms with Crippen LogP contribution in [-0.2, 0) is 20.3 Å². The Morgan fingerprint density at radius 2 is 2.05 bits per heavy atom. The van der Waals surface area contributed by atoms with Crippen molar-refractivity contribution in [1.82, 2.24) is 9.88 Å². The quantitative estimate of drug-likeness (QED) is 0.799. The molecule has 2 heterocycles. The zero-order chi connectivity index (χ0) is 15.7. The molecule has 0 N–H and O–H groups in total. The number of fused-ring (bicyclic) bond motifs is 1. The SMILES string of the molecule is O=C1CC(S(=O)(=O)Cl)CN1CCc1cccc2cccnc12. The van der Waals surface area contributed by atoms with E-state index in [4.69, 9.17) is 10.7 Å². The molecule has 1 fully saturated rings. The fourth-order valence-corrected chi connectivity index (χ4v) is 3.82. The molecule has 1 aromatic carbocycles. The molecule has 0 saturated carbocycles. The van der Waals surface area contributed by atoms with Crippen molar-refractivity contribution < 1.29 is 13.2 Å². The van der Waals surface area contributed by atoms with Crippen molar-refractivity contribution in [2.75, 3.05) is 13.1 Å². The highest BCUT2D eigenvalue weighted by Crippen LogP contribution is 2.22. The van der Waals surface area contributed by atoms with Crippen LogP contribution in [0.15, 0.2) is 36.5 Å². The first kappa shape index (κ1) is 15.2. The molecule has 1 aliphatic rings. The summed E-state index contributed by atoms with van der Waals surface area (Å²) in [6.45, 7) is 0.639. The van der Waals surface area contributed by atoms with Gasteiger partial charge in [0.15, 0.2) is 0 Å². The van der Waals surface area contributed by atoms with Crippen molar-refractivity contribution in [1.29, 1.82) is 0 Å². The van der Waals surface area contributed by atoms with Crippen LogP contribution in [0, 0.1) is 0 Å². The largest absolute Gasteiger partial charge is 0.341 e. The number of carbonyl (C=O) groups excluding carboxylic acids is 1. The molecule has 1 unspecified atom stereocenters. The number of benzene rings is 1. The lowest BCUT2D eigenvalue weighted by molar-refractivity contribution is -0.127. The van der Waals surface area contributed by atoms with Crippen molar-refractivity contribution in [2.45, 2.75) is 18.1 Å². The summed E-state index contributed by atoms with van der Waals surface area (Å²) in [6, 6.07) is 9.79. The zero-order valence-corrected chi connectivity index (χ0v) is 13.3. The number of amides is 1. The third-order valence-corrected chi connectivity index (χ3v) is 5.81. The fourth-order valence-electron chi connectivity index (χ4n) is 2.77. The molecular formula is C15H15ClN2O3S. The number of likely N-dealkylation sites (tertiary alicyclic amines) is 1. The van der Waals surface area contributed by atoms with Crippen LogP contribution in [0.25, 0.3) is 10.9 Å². The first-order valence-corrected chi connectivity index (χ1v) is 9.36. The molecule has 0 aliphatic carbocycles. The van der Waals surface area contributed by atoms with Gasteiger partial charge in [0.05, 0.1) is 5.52 Å². The molecule has 5 nitrogen and oxygen atoms in total. The van der Waals surface area contributed by atoms with E-state index in [1.54, 1.807) is 11.1 Å². The molecule has 3 rings (SSSR count). The minimum atomic E-state index is -3.69. The maximum Gasteiger partial charge on any atom is 0.237 e. The van der Waals surface area contributed by atoms with Gasteiger partial charge in [-0.2, -0.15) is 0 Å². The van der Waals surface area contributed by atoms with Crippen molar-refractivity contribution >= 4 is 36.5 Å². The molecule has 7 heteroatoms. The molecule has 1 aliphatic heterocycles. The van der Waals surface area contributed by atoms with Crippen LogP contribution in [0.4, 0.5) is 0 Å². The Morgan fingerprint density at radius 1 is 1.27 bits per heavy atom. The maximum atomic E-state index is 11.9. The molecule has 1 aromatic heterocycles. The van der Waals surface area contributed by atoms with E-state index in [1.807, 2.05) is 30.3 Å². The molecule has 0 bridgehead atoms. The van der Waals surface area contributed by atoms with Crippen molar-refractivity contribution in [3.63, 3.8) is 0 Å². The molecule has 116 valence electrons. The van der Waals surface area contributed by atoms with Crippen molar-refractivity contribution in [3.05, 3.63) is 42.1 Å². The van der Waals surface area contributed by atoms with Crippen molar-refractivity contribution in [3.8, 4) is 0 Å². The smallest absolute Gasteiger partial charge is 0.237 e. The van der Waals surface area contributed by atoms with Gasteiger partial charge in [-0.05, 0) is 18.1 Å². The van der Waals surface area contributed by atoms with Crippen LogP contribution in [-0.4, -0.2) is 42.5 Å². The summed E-state index contributed by atoms with van der Waals surface area (Å²) < 4.78 is 22.7. The van der Waals surface area contributed by atoms with Gasteiger partial charge in [-0.25, -0.2) is 8.42 Å². The Kier molecular flexibility index (Phi) is 4.06. The number of carbonyl (C=O) groups is 1. The Balaban J connectivity index is 1.74. The van der Waals surface area contributed by atoms with Crippen LogP contribution in [0.3, 0.4) is 0 Å². The Bertz CT molecular complexity index is 817. The summed E-state index contributed by atoms with van der Waals surface area (Å²) in [5.41, 5.74) is 1.96. The molecule has 1 saturated heterocycles. The summed E-state index contributed by atoms with van der Waals surface area (Å²) >= 11 is 0. The number of aromatic nitrogens is 1. The van der Waals surface area contributed by atoms with E-state index in [1.165, 1.54) is 0 Å². The second kappa shape index (κ2) is 5.85. The highest BCUT2D eigenvalue weighted by atomic mass is 35.7. The number of pyridine rings is 1. The molecular weight excluding hydrogens is 324 g/mol. The third kappa shape index (κ3) is 3.08. The van der Waals surface area contributed by atoms with E-state index in [9.17, 15) is 13.2 Å². The fraction of sp³-hybridized carbons (Fsp3) is 0.333. The summed E-state index contributed by atoms with van der Waals surface area (Å²) in [5, 5.41) is 0.251. The second-order valence-electron chi connectivity index (χ2n) is 5.38. The predicted octanol–water partition coefficient (Wildman–Crippen LogP) is 1.95. The summed E-state index contributed by atoms with van der Waals surface area (Å²) in [4.78, 5) is 17.8. The van der Waals surface area contributed by atoms with Crippen LogP contribution in [0.5, 0.6) is 0 Å². The van der Waals surface area contributed by atoms with E-state index in [0.717, 1.165) is 16.5 Å². The summed E-state index contributed by atoms with van der Waals surface area (Å²) in [7, 11) is 1.66. The number of halogens is 1. The van der Waals surface area contributed by atoms with Crippen molar-refractivity contribution in [2.24, 2.45) is 0 Å². The molecule has 22 heavy (non-hydrogen) atoms. The standard InChI is InChI=1S/C15H15ClN2O3S/c16-22(20,21)13-9-14(19)18(10-13)8-6-12-4-1-3-11-5-2-7-17-15(11)12/h1-5,7,13H,6,8-10H2. The van der Waals surface area contributed by atoms with Gasteiger partial charge in [0, 0.05) is 41.8 Å². The van der Waals surface area contributed by atoms with E-state index in [0.29, 0.717) is 13.0 Å². The Hall–Kier alpha value is -1.66. The minimum absolute atomic E-state index is 0.0282. The van der Waals surface area contributed by atoms with E-state index in [-0.39, 0.29) is 18.9 Å². The Morgan fingerprint density at radius 3 is 2.77 bits per heavy atom. The van der Waals surface area contributed by atoms with E-state index < -0.39 is 14.3 Å². The lowest BCUT2D eigenvalue weighted by Gasteiger charge is -2.16. The van der Waals surface area contributed by atoms with Gasteiger partial charge in [0.2, 0.25) is 15.0 Å². The lowest BCUT2D eigenvalue weighted by atomic mass is 10.1. The maximum absolute atomic E-state index is 11.9. The van der Waals surface area contributed by atoms with Gasteiger partial charge in [0.25, 0.3) is 0 Å². The normalized spacial score (nSPS) is 19.0. The van der Waals surface area contributed by atoms with Crippen LogP contribution >= 0.6 is 10.7 Å². The van der Waals surface area contributed by atoms with Gasteiger partial charge in [-0.15, -0.1) is 0 Å². The van der Waals surface area contributed by atoms with Gasteiger partial charge in [-0.3, -0.25) is 9.78 Å². The number of nitrogens with zero attached hydrogens (tertiary/aromatic N) is 2. The van der Waals surface area contributed by atoms with Gasteiger partial charge in [-0.1, -0.05) is 24.3 Å². The monoisotopic (exact) mass is 338 g/mol. The molecule has 1 amide bonds. The molecule has 2 aromatic rings. The third-order valence-electron chi connectivity index (χ3n) is 3.94. The summed E-state index contributed by atoms with van der Waals surface area (Å²) in [6.07, 6.45) is 2.34. The number of para-hydroxylation sites is 1. The molecule has 0 spiro atoms. The minimum Gasteiger partial charge on any atom is -0.341 e. The zero-order valence-electron chi connectivity index (χ0n) is 11.8. The van der Waals surface area contributed by atoms with Gasteiger partial charge in [0.1, 0.15) is 5.25 Å². The predicted molar refractivity (Wildman–Crippen MR) is 85.2 cm³/mol. The average molecular weight is 339 g/mol. The highest BCUT2D eigenvalue weighted by Gasteiger charge is 2.36. The topological polar surface area (TPSA) is 67.3 Å². The second-order valence-corrected chi connectivity index (χ2v) is 8.29. The first-order chi connectivity index (χ1) is 10.4. The molecule has 1 atom stereocenters. The van der Waals surface area contributed by atoms with E-state index >= 15 is 0 Å². The van der Waals surface area contributed by atoms with Gasteiger partial charge >= 0.3 is 0 Å². The Labute approximate surface area is 133 Å². The van der Waals surface area contributed by atoms with E-state index in [2.05, 4.69) is 4.98 Å². The van der Waals surface area contributed by atoms with Gasteiger partial charge < -0.3 is 4.90 Å². The van der Waals surface area contributed by atoms with Crippen LogP contribution in [0.2, 0.25) is 0 Å². The number of hydrogen-bond acceptors (Lipinski definition) is 4. The molecule has 0 radical (unpaired) electrons. The average Bonchev–Trinajstić information content (AvgIpc) is 2.86. The number of hydrogen-bond donors (Lipinski definition) is 0. The number of rotatable bonds is 4. The van der Waals surface area contributed by atoms with Crippen LogP contribution < -0.4 is 0 Å². The van der Waals surface area contributed by atoms with Crippen LogP contribution in [0.1, 0.15) is 12.0 Å². The first-order valence-electron chi connectivity index (χ1n) is 6.99. The highest BCUT2D eigenvalue weighted by molar-refractivity contribution is 8.14. The summed E-state index contributed by atoms with van der Waals surface area (Å²) in [5.74, 6) is -0.164. The lowest BCUT2D eigenvalue weighted by Crippen LogP contribution is -2.29.